The maximum absolute atomic E-state index is 5.87. The highest BCUT2D eigenvalue weighted by atomic mass is 15.1. The van der Waals surface area contributed by atoms with Crippen molar-refractivity contribution in [2.75, 3.05) is 6.54 Å². The van der Waals surface area contributed by atoms with E-state index >= 15 is 0 Å². The Morgan fingerprint density at radius 1 is 1.50 bits per heavy atom. The molecule has 0 bridgehead atoms. The molecule has 3 heteroatoms. The normalized spacial score (nSPS) is 20.1. The van der Waals surface area contributed by atoms with Gasteiger partial charge in [0.15, 0.2) is 0 Å². The Kier molecular flexibility index (Phi) is 3.06. The zero-order valence-electron chi connectivity index (χ0n) is 10.6. The molecular weight excluding hydrogens is 198 g/mol. The lowest BCUT2D eigenvalue weighted by molar-refractivity contribution is 0.418. The van der Waals surface area contributed by atoms with Crippen LogP contribution in [0.5, 0.6) is 0 Å². The van der Waals surface area contributed by atoms with Gasteiger partial charge < -0.3 is 10.3 Å². The maximum atomic E-state index is 5.87. The van der Waals surface area contributed by atoms with E-state index in [4.69, 9.17) is 5.73 Å². The van der Waals surface area contributed by atoms with E-state index in [2.05, 4.69) is 30.3 Å². The summed E-state index contributed by atoms with van der Waals surface area (Å²) < 4.78 is 2.31. The summed E-state index contributed by atoms with van der Waals surface area (Å²) in [6.45, 7) is 8.62. The predicted molar refractivity (Wildman–Crippen MR) is 66.2 cm³/mol. The first kappa shape index (κ1) is 11.6. The Morgan fingerprint density at radius 3 is 2.69 bits per heavy atom. The molecule has 1 saturated carbocycles. The minimum absolute atomic E-state index is 0.435. The molecule has 16 heavy (non-hydrogen) atoms. The second-order valence-corrected chi connectivity index (χ2v) is 5.84. The van der Waals surface area contributed by atoms with Crippen molar-refractivity contribution in [3.05, 3.63) is 18.2 Å². The van der Waals surface area contributed by atoms with Crippen LogP contribution < -0.4 is 5.73 Å². The lowest BCUT2D eigenvalue weighted by Gasteiger charge is -2.22. The van der Waals surface area contributed by atoms with Crippen LogP contribution in [-0.4, -0.2) is 16.1 Å². The Labute approximate surface area is 98.1 Å². The summed E-state index contributed by atoms with van der Waals surface area (Å²) in [5.74, 6) is 1.01. The minimum atomic E-state index is 0.435. The number of imidazole rings is 1. The highest BCUT2D eigenvalue weighted by Gasteiger charge is 2.38. The van der Waals surface area contributed by atoms with Crippen LogP contribution in [-0.2, 0) is 6.54 Å². The van der Waals surface area contributed by atoms with Gasteiger partial charge in [0.1, 0.15) is 0 Å². The average Bonchev–Trinajstić information content (AvgIpc) is 2.76. The second-order valence-electron chi connectivity index (χ2n) is 5.84. The van der Waals surface area contributed by atoms with Crippen LogP contribution >= 0.6 is 0 Å². The predicted octanol–water partition coefficient (Wildman–Crippen LogP) is 2.38. The Balaban J connectivity index is 2.17. The van der Waals surface area contributed by atoms with Gasteiger partial charge in [-0.05, 0) is 24.2 Å². The van der Waals surface area contributed by atoms with E-state index in [-0.39, 0.29) is 0 Å². The summed E-state index contributed by atoms with van der Waals surface area (Å²) in [4.78, 5) is 4.29. The average molecular weight is 221 g/mol. The van der Waals surface area contributed by atoms with Gasteiger partial charge in [0, 0.05) is 30.9 Å². The Bertz CT molecular complexity index is 350. The number of nitrogens with zero attached hydrogens (tertiary/aromatic N) is 2. The first-order valence-electron chi connectivity index (χ1n) is 6.26. The summed E-state index contributed by atoms with van der Waals surface area (Å²) in [6, 6.07) is 0. The molecule has 90 valence electrons. The molecule has 2 rings (SSSR count). The zero-order valence-corrected chi connectivity index (χ0v) is 10.6. The van der Waals surface area contributed by atoms with Gasteiger partial charge in [-0.2, -0.15) is 0 Å². The molecule has 0 radical (unpaired) electrons. The first-order chi connectivity index (χ1) is 7.56. The smallest absolute Gasteiger partial charge is 0.0948 e. The molecule has 1 aliphatic carbocycles. The fraction of sp³-hybridized carbons (Fsp3) is 0.769. The van der Waals surface area contributed by atoms with Crippen LogP contribution in [0.3, 0.4) is 0 Å². The van der Waals surface area contributed by atoms with Crippen molar-refractivity contribution in [3.8, 4) is 0 Å². The highest BCUT2D eigenvalue weighted by molar-refractivity contribution is 5.09. The fourth-order valence-electron chi connectivity index (χ4n) is 2.29. The van der Waals surface area contributed by atoms with Crippen molar-refractivity contribution in [2.24, 2.45) is 17.1 Å². The lowest BCUT2D eigenvalue weighted by Crippen LogP contribution is -2.22. The zero-order chi connectivity index (χ0) is 11.8. The van der Waals surface area contributed by atoms with Crippen molar-refractivity contribution < 1.29 is 0 Å². The van der Waals surface area contributed by atoms with Crippen molar-refractivity contribution in [3.63, 3.8) is 0 Å². The van der Waals surface area contributed by atoms with Crippen molar-refractivity contribution in [1.82, 2.24) is 9.55 Å². The summed E-state index contributed by atoms with van der Waals surface area (Å²) in [7, 11) is 0. The molecule has 1 atom stereocenters. The molecule has 0 aromatic carbocycles. The van der Waals surface area contributed by atoms with Crippen molar-refractivity contribution in [2.45, 2.75) is 46.1 Å². The standard InChI is InChI=1S/C13H23N3/c1-10(2)11(6-14)12-7-15-9-16(12)8-13(3)4-5-13/h7,9-11H,4-6,8,14H2,1-3H3. The third kappa shape index (κ3) is 2.29. The van der Waals surface area contributed by atoms with Gasteiger partial charge >= 0.3 is 0 Å². The summed E-state index contributed by atoms with van der Waals surface area (Å²) in [5, 5.41) is 0. The molecular formula is C13H23N3. The largest absolute Gasteiger partial charge is 0.334 e. The molecule has 1 heterocycles. The van der Waals surface area contributed by atoms with E-state index in [1.165, 1.54) is 18.5 Å². The van der Waals surface area contributed by atoms with E-state index in [1.807, 2.05) is 12.5 Å². The molecule has 2 N–H and O–H groups in total. The number of hydrogen-bond acceptors (Lipinski definition) is 2. The molecule has 0 spiro atoms. The number of nitrogens with two attached hydrogens (primary N) is 1. The number of rotatable bonds is 5. The van der Waals surface area contributed by atoms with Crippen LogP contribution in [0.2, 0.25) is 0 Å². The molecule has 1 fully saturated rings. The van der Waals surface area contributed by atoms with Gasteiger partial charge in [0.25, 0.3) is 0 Å². The van der Waals surface area contributed by atoms with Gasteiger partial charge in [-0.3, -0.25) is 0 Å². The van der Waals surface area contributed by atoms with Crippen LogP contribution in [0.4, 0.5) is 0 Å². The molecule has 1 aromatic heterocycles. The summed E-state index contributed by atoms with van der Waals surface area (Å²) >= 11 is 0. The summed E-state index contributed by atoms with van der Waals surface area (Å²) in [5.41, 5.74) is 7.70. The van der Waals surface area contributed by atoms with Crippen molar-refractivity contribution in [1.29, 1.82) is 0 Å². The Hall–Kier alpha value is -0.830. The van der Waals surface area contributed by atoms with E-state index in [0.717, 1.165) is 6.54 Å². The van der Waals surface area contributed by atoms with E-state index in [9.17, 15) is 0 Å². The third-order valence-electron chi connectivity index (χ3n) is 3.84. The maximum Gasteiger partial charge on any atom is 0.0948 e. The van der Waals surface area contributed by atoms with Gasteiger partial charge in [-0.25, -0.2) is 4.98 Å². The van der Waals surface area contributed by atoms with Gasteiger partial charge in [-0.1, -0.05) is 20.8 Å². The van der Waals surface area contributed by atoms with Gasteiger partial charge in [0.2, 0.25) is 0 Å². The Morgan fingerprint density at radius 2 is 2.19 bits per heavy atom. The van der Waals surface area contributed by atoms with Crippen LogP contribution in [0.1, 0.15) is 45.2 Å². The molecule has 0 amide bonds. The SMILES string of the molecule is CC(C)C(CN)c1cncn1CC1(C)CC1. The van der Waals surface area contributed by atoms with E-state index in [1.54, 1.807) is 0 Å². The molecule has 3 nitrogen and oxygen atoms in total. The number of hydrogen-bond donors (Lipinski definition) is 1. The lowest BCUT2D eigenvalue weighted by atomic mass is 9.92. The van der Waals surface area contributed by atoms with Crippen LogP contribution in [0, 0.1) is 11.3 Å². The van der Waals surface area contributed by atoms with E-state index in [0.29, 0.717) is 23.8 Å². The molecule has 0 saturated heterocycles. The minimum Gasteiger partial charge on any atom is -0.334 e. The highest BCUT2D eigenvalue weighted by Crippen LogP contribution is 2.46. The van der Waals surface area contributed by atoms with Gasteiger partial charge in [-0.15, -0.1) is 0 Å². The number of aromatic nitrogens is 2. The molecule has 1 aliphatic rings. The van der Waals surface area contributed by atoms with E-state index < -0.39 is 0 Å². The molecule has 0 aliphatic heterocycles. The molecule has 1 unspecified atom stereocenters. The topological polar surface area (TPSA) is 43.8 Å². The fourth-order valence-corrected chi connectivity index (χ4v) is 2.29. The quantitative estimate of drug-likeness (QED) is 0.829. The summed E-state index contributed by atoms with van der Waals surface area (Å²) in [6.07, 6.45) is 6.65. The third-order valence-corrected chi connectivity index (χ3v) is 3.84. The van der Waals surface area contributed by atoms with Crippen LogP contribution in [0.15, 0.2) is 12.5 Å². The monoisotopic (exact) mass is 221 g/mol. The van der Waals surface area contributed by atoms with Crippen LogP contribution in [0.25, 0.3) is 0 Å². The van der Waals surface area contributed by atoms with Gasteiger partial charge in [0.05, 0.1) is 6.33 Å². The second kappa shape index (κ2) is 4.21. The molecule has 1 aromatic rings. The first-order valence-corrected chi connectivity index (χ1v) is 6.26. The van der Waals surface area contributed by atoms with Crippen molar-refractivity contribution >= 4 is 0 Å².